The monoisotopic (exact) mass is 370 g/mol. The number of carbonyl (C=O) groups excluding carboxylic acids is 2. The Bertz CT molecular complexity index is 638. The standard InChI is InChI=1S/C22H30N2O3/c25-21-13-5-2-6-14-24(21)18-22(26)23(17-20-12-8-16-27-20)15-7-11-19-9-3-1-4-10-19/h1,3-4,7,9-11,20H,2,5-6,8,12-18H2/b11-7+/t20-/m0/s1. The molecule has 0 radical (unpaired) electrons. The Morgan fingerprint density at radius 1 is 1.19 bits per heavy atom. The maximum atomic E-state index is 12.9. The average Bonchev–Trinajstić information content (AvgIpc) is 3.11. The first-order valence-electron chi connectivity index (χ1n) is 10.1. The van der Waals surface area contributed by atoms with Crippen molar-refractivity contribution in [2.75, 3.05) is 32.8 Å². The fourth-order valence-electron chi connectivity index (χ4n) is 3.66. The first-order chi connectivity index (χ1) is 13.2. The lowest BCUT2D eigenvalue weighted by Gasteiger charge is -2.28. The molecule has 2 aliphatic heterocycles. The van der Waals surface area contributed by atoms with E-state index >= 15 is 0 Å². The van der Waals surface area contributed by atoms with Gasteiger partial charge in [-0.05, 0) is 31.2 Å². The fraction of sp³-hybridized carbons (Fsp3) is 0.545. The summed E-state index contributed by atoms with van der Waals surface area (Å²) >= 11 is 0. The van der Waals surface area contributed by atoms with Gasteiger partial charge in [-0.25, -0.2) is 0 Å². The Labute approximate surface area is 162 Å². The predicted molar refractivity (Wildman–Crippen MR) is 106 cm³/mol. The number of amides is 2. The number of nitrogens with zero attached hydrogens (tertiary/aromatic N) is 2. The van der Waals surface area contributed by atoms with E-state index in [1.54, 1.807) is 4.90 Å². The highest BCUT2D eigenvalue weighted by Gasteiger charge is 2.25. The predicted octanol–water partition coefficient (Wildman–Crippen LogP) is 3.11. The van der Waals surface area contributed by atoms with Crippen LogP contribution in [-0.2, 0) is 14.3 Å². The van der Waals surface area contributed by atoms with E-state index in [1.807, 2.05) is 47.4 Å². The highest BCUT2D eigenvalue weighted by atomic mass is 16.5. The average molecular weight is 370 g/mol. The summed E-state index contributed by atoms with van der Waals surface area (Å²) in [6.45, 7) is 2.79. The van der Waals surface area contributed by atoms with Gasteiger partial charge in [-0.2, -0.15) is 0 Å². The van der Waals surface area contributed by atoms with Crippen LogP contribution < -0.4 is 0 Å². The topological polar surface area (TPSA) is 49.9 Å². The summed E-state index contributed by atoms with van der Waals surface area (Å²) in [5.41, 5.74) is 1.12. The number of ether oxygens (including phenoxy) is 1. The van der Waals surface area contributed by atoms with E-state index in [2.05, 4.69) is 0 Å². The van der Waals surface area contributed by atoms with Gasteiger partial charge in [0, 0.05) is 32.7 Å². The Balaban J connectivity index is 1.61. The lowest BCUT2D eigenvalue weighted by molar-refractivity contribution is -0.140. The molecule has 0 bridgehead atoms. The van der Waals surface area contributed by atoms with Crippen molar-refractivity contribution in [3.8, 4) is 0 Å². The SMILES string of the molecule is O=C1CCCCCN1CC(=O)N(C/C=C/c1ccccc1)C[C@@H]1CCCO1. The van der Waals surface area contributed by atoms with Crippen molar-refractivity contribution in [2.24, 2.45) is 0 Å². The van der Waals surface area contributed by atoms with E-state index in [1.165, 1.54) is 0 Å². The zero-order valence-electron chi connectivity index (χ0n) is 16.0. The second-order valence-electron chi connectivity index (χ2n) is 7.37. The molecule has 3 rings (SSSR count). The Kier molecular flexibility index (Phi) is 7.45. The minimum atomic E-state index is 0.0125. The number of likely N-dealkylation sites (tertiary alicyclic amines) is 1. The van der Waals surface area contributed by atoms with Gasteiger partial charge in [0.1, 0.15) is 0 Å². The molecule has 2 heterocycles. The molecule has 2 saturated heterocycles. The fourth-order valence-corrected chi connectivity index (χ4v) is 3.66. The third-order valence-corrected chi connectivity index (χ3v) is 5.23. The Hall–Kier alpha value is -2.14. The largest absolute Gasteiger partial charge is 0.376 e. The highest BCUT2D eigenvalue weighted by Crippen LogP contribution is 2.15. The van der Waals surface area contributed by atoms with Crippen LogP contribution in [0.3, 0.4) is 0 Å². The zero-order valence-corrected chi connectivity index (χ0v) is 16.0. The zero-order chi connectivity index (χ0) is 18.9. The molecule has 146 valence electrons. The van der Waals surface area contributed by atoms with Crippen LogP contribution in [0.1, 0.15) is 44.1 Å². The molecule has 0 aromatic heterocycles. The van der Waals surface area contributed by atoms with Gasteiger partial charge >= 0.3 is 0 Å². The first kappa shape index (κ1) is 19.6. The number of carbonyl (C=O) groups is 2. The van der Waals surface area contributed by atoms with E-state index in [-0.39, 0.29) is 24.5 Å². The van der Waals surface area contributed by atoms with Crippen molar-refractivity contribution in [2.45, 2.75) is 44.6 Å². The van der Waals surface area contributed by atoms with Gasteiger partial charge in [0.25, 0.3) is 0 Å². The first-order valence-corrected chi connectivity index (χ1v) is 10.1. The molecule has 1 aromatic carbocycles. The van der Waals surface area contributed by atoms with Crippen LogP contribution in [0, 0.1) is 0 Å². The Morgan fingerprint density at radius 2 is 2.04 bits per heavy atom. The van der Waals surface area contributed by atoms with Gasteiger partial charge in [-0.1, -0.05) is 48.9 Å². The molecule has 0 unspecified atom stereocenters. The summed E-state index contributed by atoms with van der Waals surface area (Å²) in [6.07, 6.45) is 9.76. The minimum absolute atomic E-state index is 0.0125. The van der Waals surface area contributed by atoms with Gasteiger partial charge < -0.3 is 14.5 Å². The molecule has 2 fully saturated rings. The van der Waals surface area contributed by atoms with Crippen LogP contribution in [0.4, 0.5) is 0 Å². The second kappa shape index (κ2) is 10.3. The van der Waals surface area contributed by atoms with Crippen molar-refractivity contribution in [1.82, 2.24) is 9.80 Å². The molecule has 5 nitrogen and oxygen atoms in total. The molecule has 2 amide bonds. The second-order valence-corrected chi connectivity index (χ2v) is 7.37. The molecule has 0 N–H and O–H groups in total. The van der Waals surface area contributed by atoms with E-state index in [0.29, 0.717) is 26.1 Å². The van der Waals surface area contributed by atoms with E-state index < -0.39 is 0 Å². The van der Waals surface area contributed by atoms with Gasteiger partial charge in [-0.3, -0.25) is 9.59 Å². The van der Waals surface area contributed by atoms with Gasteiger partial charge in [0.2, 0.25) is 11.8 Å². The lowest BCUT2D eigenvalue weighted by Crippen LogP contribution is -2.45. The Morgan fingerprint density at radius 3 is 2.81 bits per heavy atom. The van der Waals surface area contributed by atoms with E-state index in [9.17, 15) is 9.59 Å². The summed E-state index contributed by atoms with van der Waals surface area (Å²) in [5.74, 6) is 0.121. The summed E-state index contributed by atoms with van der Waals surface area (Å²) in [7, 11) is 0. The van der Waals surface area contributed by atoms with Gasteiger partial charge in [-0.15, -0.1) is 0 Å². The minimum Gasteiger partial charge on any atom is -0.376 e. The van der Waals surface area contributed by atoms with Crippen molar-refractivity contribution >= 4 is 17.9 Å². The maximum absolute atomic E-state index is 12.9. The molecule has 0 spiro atoms. The molecule has 2 aliphatic rings. The third-order valence-electron chi connectivity index (χ3n) is 5.23. The van der Waals surface area contributed by atoms with Gasteiger partial charge in [0.15, 0.2) is 0 Å². The lowest BCUT2D eigenvalue weighted by atomic mass is 10.2. The summed E-state index contributed by atoms with van der Waals surface area (Å²) in [4.78, 5) is 28.8. The van der Waals surface area contributed by atoms with Crippen molar-refractivity contribution in [1.29, 1.82) is 0 Å². The summed E-state index contributed by atoms with van der Waals surface area (Å²) in [6, 6.07) is 10.1. The molecule has 0 saturated carbocycles. The molecular weight excluding hydrogens is 340 g/mol. The highest BCUT2D eigenvalue weighted by molar-refractivity contribution is 5.85. The van der Waals surface area contributed by atoms with Crippen LogP contribution in [-0.4, -0.2) is 60.5 Å². The molecule has 1 atom stereocenters. The number of hydrogen-bond donors (Lipinski definition) is 0. The van der Waals surface area contributed by atoms with Crippen LogP contribution >= 0.6 is 0 Å². The number of rotatable bonds is 7. The summed E-state index contributed by atoms with van der Waals surface area (Å²) in [5, 5.41) is 0. The van der Waals surface area contributed by atoms with Crippen molar-refractivity contribution in [3.05, 3.63) is 42.0 Å². The molecule has 0 aliphatic carbocycles. The molecule has 5 heteroatoms. The molecular formula is C22H30N2O3. The quantitative estimate of drug-likeness (QED) is 0.741. The summed E-state index contributed by atoms with van der Waals surface area (Å²) < 4.78 is 5.73. The number of hydrogen-bond acceptors (Lipinski definition) is 3. The van der Waals surface area contributed by atoms with Gasteiger partial charge in [0.05, 0.1) is 12.6 Å². The number of benzene rings is 1. The van der Waals surface area contributed by atoms with Crippen molar-refractivity contribution in [3.63, 3.8) is 0 Å². The van der Waals surface area contributed by atoms with Crippen molar-refractivity contribution < 1.29 is 14.3 Å². The van der Waals surface area contributed by atoms with Crippen LogP contribution in [0.2, 0.25) is 0 Å². The molecule has 27 heavy (non-hydrogen) atoms. The molecule has 1 aromatic rings. The van der Waals surface area contributed by atoms with Crippen LogP contribution in [0.5, 0.6) is 0 Å². The normalized spacial score (nSPS) is 20.8. The maximum Gasteiger partial charge on any atom is 0.242 e. The van der Waals surface area contributed by atoms with E-state index in [4.69, 9.17) is 4.74 Å². The third kappa shape index (κ3) is 6.21. The van der Waals surface area contributed by atoms with Crippen LogP contribution in [0.25, 0.3) is 6.08 Å². The smallest absolute Gasteiger partial charge is 0.242 e. The van der Waals surface area contributed by atoms with Crippen LogP contribution in [0.15, 0.2) is 36.4 Å². The van der Waals surface area contributed by atoms with E-state index in [0.717, 1.165) is 44.3 Å².